The van der Waals surface area contributed by atoms with Crippen molar-refractivity contribution in [2.45, 2.75) is 45.6 Å². The average Bonchev–Trinajstić information content (AvgIpc) is 2.40. The molecule has 2 N–H and O–H groups in total. The summed E-state index contributed by atoms with van der Waals surface area (Å²) < 4.78 is 5.12. The lowest BCUT2D eigenvalue weighted by atomic mass is 10.0. The Kier molecular flexibility index (Phi) is 11.6. The number of rotatable bonds is 12. The van der Waals surface area contributed by atoms with E-state index in [1.54, 1.807) is 7.11 Å². The molecular formula is C16H35N3O2. The number of carbonyl (C=O) groups excluding carboxylic acids is 1. The largest absolute Gasteiger partial charge is 0.383 e. The van der Waals surface area contributed by atoms with Gasteiger partial charge >= 0.3 is 0 Å². The van der Waals surface area contributed by atoms with Gasteiger partial charge in [0, 0.05) is 32.2 Å². The van der Waals surface area contributed by atoms with Gasteiger partial charge in [-0.25, -0.2) is 0 Å². The van der Waals surface area contributed by atoms with Crippen LogP contribution in [0.25, 0.3) is 0 Å². The van der Waals surface area contributed by atoms with Gasteiger partial charge in [0.05, 0.1) is 6.61 Å². The van der Waals surface area contributed by atoms with Crippen LogP contribution in [0, 0.1) is 5.92 Å². The molecule has 0 aromatic carbocycles. The number of hydrogen-bond acceptors (Lipinski definition) is 4. The third kappa shape index (κ3) is 10.7. The van der Waals surface area contributed by atoms with E-state index in [2.05, 4.69) is 19.0 Å². The molecule has 0 aromatic rings. The molecule has 0 bridgehead atoms. The van der Waals surface area contributed by atoms with Crippen molar-refractivity contribution in [1.29, 1.82) is 0 Å². The summed E-state index contributed by atoms with van der Waals surface area (Å²) in [7, 11) is 5.78. The summed E-state index contributed by atoms with van der Waals surface area (Å²) >= 11 is 0. The van der Waals surface area contributed by atoms with Crippen molar-refractivity contribution in [2.75, 3.05) is 47.4 Å². The molecule has 0 spiro atoms. The van der Waals surface area contributed by atoms with Crippen LogP contribution in [-0.2, 0) is 9.53 Å². The Labute approximate surface area is 130 Å². The predicted molar refractivity (Wildman–Crippen MR) is 88.3 cm³/mol. The highest BCUT2D eigenvalue weighted by molar-refractivity contribution is 5.78. The number of carbonyl (C=O) groups is 1. The molecule has 1 amide bonds. The van der Waals surface area contributed by atoms with Crippen molar-refractivity contribution in [3.63, 3.8) is 0 Å². The van der Waals surface area contributed by atoms with E-state index in [-0.39, 0.29) is 17.9 Å². The lowest BCUT2D eigenvalue weighted by molar-refractivity contribution is -0.136. The lowest BCUT2D eigenvalue weighted by Crippen LogP contribution is -2.39. The molecule has 21 heavy (non-hydrogen) atoms. The van der Waals surface area contributed by atoms with Gasteiger partial charge in [0.25, 0.3) is 0 Å². The van der Waals surface area contributed by atoms with Crippen molar-refractivity contribution in [3.8, 4) is 0 Å². The first-order valence-electron chi connectivity index (χ1n) is 8.06. The van der Waals surface area contributed by atoms with E-state index in [1.807, 2.05) is 18.7 Å². The maximum Gasteiger partial charge on any atom is 0.225 e. The minimum Gasteiger partial charge on any atom is -0.383 e. The Bertz CT molecular complexity index is 270. The summed E-state index contributed by atoms with van der Waals surface area (Å²) in [6.07, 6.45) is 3.91. The van der Waals surface area contributed by atoms with E-state index in [1.165, 1.54) is 0 Å². The summed E-state index contributed by atoms with van der Waals surface area (Å²) in [5.74, 6) is 0.315. The zero-order valence-electron chi connectivity index (χ0n) is 14.6. The molecule has 0 fully saturated rings. The van der Waals surface area contributed by atoms with Crippen LogP contribution >= 0.6 is 0 Å². The number of nitrogens with zero attached hydrogens (tertiary/aromatic N) is 2. The molecule has 126 valence electrons. The van der Waals surface area contributed by atoms with E-state index in [9.17, 15) is 4.79 Å². The highest BCUT2D eigenvalue weighted by atomic mass is 16.5. The van der Waals surface area contributed by atoms with E-state index >= 15 is 0 Å². The molecule has 0 rings (SSSR count). The highest BCUT2D eigenvalue weighted by Crippen LogP contribution is 2.13. The topological polar surface area (TPSA) is 58.8 Å². The quantitative estimate of drug-likeness (QED) is 0.594. The second kappa shape index (κ2) is 12.0. The molecular weight excluding hydrogens is 266 g/mol. The molecule has 2 atom stereocenters. The second-order valence-electron chi connectivity index (χ2n) is 6.28. The van der Waals surface area contributed by atoms with Gasteiger partial charge in [-0.3, -0.25) is 4.79 Å². The molecule has 2 unspecified atom stereocenters. The number of hydrogen-bond donors (Lipinski definition) is 1. The van der Waals surface area contributed by atoms with Crippen molar-refractivity contribution in [2.24, 2.45) is 11.7 Å². The monoisotopic (exact) mass is 301 g/mol. The smallest absolute Gasteiger partial charge is 0.225 e. The normalized spacial score (nSPS) is 14.2. The number of methoxy groups -OCH3 is 1. The SMILES string of the molecule is COCCN(CCCN(C)C)C(=O)C(C)CCCC(C)N. The van der Waals surface area contributed by atoms with Crippen LogP contribution in [-0.4, -0.2) is 69.2 Å². The first-order valence-corrected chi connectivity index (χ1v) is 8.06. The number of ether oxygens (including phenoxy) is 1. The molecule has 0 heterocycles. The summed E-state index contributed by atoms with van der Waals surface area (Å²) in [5.41, 5.74) is 5.76. The van der Waals surface area contributed by atoms with Gasteiger partial charge in [-0.05, 0) is 46.8 Å². The van der Waals surface area contributed by atoms with Gasteiger partial charge in [-0.15, -0.1) is 0 Å². The van der Waals surface area contributed by atoms with Crippen LogP contribution in [0.2, 0.25) is 0 Å². The van der Waals surface area contributed by atoms with Crippen molar-refractivity contribution >= 4 is 5.91 Å². The van der Waals surface area contributed by atoms with E-state index in [4.69, 9.17) is 10.5 Å². The molecule has 5 heteroatoms. The summed E-state index contributed by atoms with van der Waals surface area (Å²) in [6, 6.07) is 0.219. The van der Waals surface area contributed by atoms with Crippen LogP contribution in [0.1, 0.15) is 39.5 Å². The molecule has 0 aliphatic heterocycles. The van der Waals surface area contributed by atoms with Crippen molar-refractivity contribution in [1.82, 2.24) is 9.80 Å². The first kappa shape index (κ1) is 20.3. The fraction of sp³-hybridized carbons (Fsp3) is 0.938. The Balaban J connectivity index is 4.26. The van der Waals surface area contributed by atoms with Crippen LogP contribution in [0.3, 0.4) is 0 Å². The summed E-state index contributed by atoms with van der Waals surface area (Å²) in [6.45, 7) is 7.11. The van der Waals surface area contributed by atoms with Gasteiger partial charge in [-0.2, -0.15) is 0 Å². The Morgan fingerprint density at radius 2 is 1.76 bits per heavy atom. The van der Waals surface area contributed by atoms with Crippen LogP contribution in [0.15, 0.2) is 0 Å². The fourth-order valence-electron chi connectivity index (χ4n) is 2.29. The standard InChI is InChI=1S/C16H35N3O2/c1-14(8-6-9-15(2)17)16(20)19(12-13-21-5)11-7-10-18(3)4/h14-15H,6-13,17H2,1-5H3. The van der Waals surface area contributed by atoms with Crippen LogP contribution in [0.5, 0.6) is 0 Å². The minimum atomic E-state index is 0.0694. The Morgan fingerprint density at radius 3 is 2.29 bits per heavy atom. The van der Waals surface area contributed by atoms with Gasteiger partial charge in [0.15, 0.2) is 0 Å². The maximum atomic E-state index is 12.5. The van der Waals surface area contributed by atoms with Gasteiger partial charge < -0.3 is 20.3 Å². The van der Waals surface area contributed by atoms with Crippen molar-refractivity contribution < 1.29 is 9.53 Å². The molecule has 0 aromatic heterocycles. The lowest BCUT2D eigenvalue weighted by Gasteiger charge is -2.26. The maximum absolute atomic E-state index is 12.5. The Hall–Kier alpha value is -0.650. The van der Waals surface area contributed by atoms with E-state index < -0.39 is 0 Å². The van der Waals surface area contributed by atoms with Crippen LogP contribution < -0.4 is 5.73 Å². The molecule has 0 aliphatic rings. The van der Waals surface area contributed by atoms with Crippen LogP contribution in [0.4, 0.5) is 0 Å². The highest BCUT2D eigenvalue weighted by Gasteiger charge is 2.19. The van der Waals surface area contributed by atoms with Gasteiger partial charge in [0.2, 0.25) is 5.91 Å². The van der Waals surface area contributed by atoms with Gasteiger partial charge in [-0.1, -0.05) is 13.3 Å². The Morgan fingerprint density at radius 1 is 1.10 bits per heavy atom. The third-order valence-electron chi connectivity index (χ3n) is 3.63. The summed E-state index contributed by atoms with van der Waals surface area (Å²) in [4.78, 5) is 16.6. The zero-order chi connectivity index (χ0) is 16.3. The number of amides is 1. The first-order chi connectivity index (χ1) is 9.88. The molecule has 0 saturated heterocycles. The third-order valence-corrected chi connectivity index (χ3v) is 3.63. The second-order valence-corrected chi connectivity index (χ2v) is 6.28. The molecule has 0 radical (unpaired) electrons. The van der Waals surface area contributed by atoms with E-state index in [0.29, 0.717) is 13.2 Å². The molecule has 0 aliphatic carbocycles. The van der Waals surface area contributed by atoms with Gasteiger partial charge in [0.1, 0.15) is 0 Å². The predicted octanol–water partition coefficient (Wildman–Crippen LogP) is 1.57. The number of nitrogens with two attached hydrogens (primary N) is 1. The molecule has 5 nitrogen and oxygen atoms in total. The fourth-order valence-corrected chi connectivity index (χ4v) is 2.29. The average molecular weight is 301 g/mol. The zero-order valence-corrected chi connectivity index (χ0v) is 14.6. The summed E-state index contributed by atoms with van der Waals surface area (Å²) in [5, 5.41) is 0. The minimum absolute atomic E-state index is 0.0694. The molecule has 0 saturated carbocycles. The van der Waals surface area contributed by atoms with Crippen molar-refractivity contribution in [3.05, 3.63) is 0 Å². The van der Waals surface area contributed by atoms with E-state index in [0.717, 1.165) is 38.8 Å².